The molecule has 0 aliphatic heterocycles. The SMILES string of the molecule is O=C(NCc1ccc(C#CCO)s1)c1cc(I)ccc1O. The Morgan fingerprint density at radius 2 is 2.14 bits per heavy atom. The predicted octanol–water partition coefficient (Wildman–Crippen LogP) is 2.33. The van der Waals surface area contributed by atoms with Gasteiger partial charge in [0.15, 0.2) is 0 Å². The van der Waals surface area contributed by atoms with E-state index in [1.54, 1.807) is 12.1 Å². The molecule has 2 rings (SSSR count). The molecule has 0 unspecified atom stereocenters. The first kappa shape index (κ1) is 15.8. The van der Waals surface area contributed by atoms with Crippen LogP contribution < -0.4 is 5.32 Å². The summed E-state index contributed by atoms with van der Waals surface area (Å²) in [7, 11) is 0. The summed E-state index contributed by atoms with van der Waals surface area (Å²) in [6, 6.07) is 8.60. The smallest absolute Gasteiger partial charge is 0.255 e. The number of carbonyl (C=O) groups is 1. The number of aliphatic hydroxyl groups excluding tert-OH is 1. The van der Waals surface area contributed by atoms with Gasteiger partial charge in [0.05, 0.1) is 17.0 Å². The number of thiophene rings is 1. The van der Waals surface area contributed by atoms with Gasteiger partial charge in [-0.1, -0.05) is 11.8 Å². The van der Waals surface area contributed by atoms with Crippen LogP contribution in [-0.2, 0) is 6.54 Å². The Morgan fingerprint density at radius 3 is 2.90 bits per heavy atom. The Hall–Kier alpha value is -1.56. The lowest BCUT2D eigenvalue weighted by Crippen LogP contribution is -2.22. The quantitative estimate of drug-likeness (QED) is 0.535. The maximum Gasteiger partial charge on any atom is 0.255 e. The number of phenolic OH excluding ortho intramolecular Hbond substituents is 1. The zero-order valence-corrected chi connectivity index (χ0v) is 13.9. The van der Waals surface area contributed by atoms with E-state index in [1.807, 2.05) is 12.1 Å². The van der Waals surface area contributed by atoms with Gasteiger partial charge < -0.3 is 15.5 Å². The van der Waals surface area contributed by atoms with Crippen LogP contribution in [0.1, 0.15) is 20.1 Å². The molecular formula is C15H12INO3S. The van der Waals surface area contributed by atoms with Gasteiger partial charge in [0, 0.05) is 8.45 Å². The Morgan fingerprint density at radius 1 is 1.33 bits per heavy atom. The monoisotopic (exact) mass is 413 g/mol. The second kappa shape index (κ2) is 7.45. The summed E-state index contributed by atoms with van der Waals surface area (Å²) in [5.41, 5.74) is 0.263. The van der Waals surface area contributed by atoms with Crippen molar-refractivity contribution in [3.8, 4) is 17.6 Å². The largest absolute Gasteiger partial charge is 0.507 e. The molecule has 3 N–H and O–H groups in total. The van der Waals surface area contributed by atoms with Crippen LogP contribution in [0.4, 0.5) is 0 Å². The summed E-state index contributed by atoms with van der Waals surface area (Å²) in [4.78, 5) is 13.8. The van der Waals surface area contributed by atoms with E-state index < -0.39 is 0 Å². The van der Waals surface area contributed by atoms with Gasteiger partial charge in [0.25, 0.3) is 5.91 Å². The Labute approximate surface area is 140 Å². The van der Waals surface area contributed by atoms with E-state index in [4.69, 9.17) is 5.11 Å². The molecule has 108 valence electrons. The zero-order valence-electron chi connectivity index (χ0n) is 10.9. The number of aliphatic hydroxyl groups is 1. The van der Waals surface area contributed by atoms with Crippen LogP contribution in [-0.4, -0.2) is 22.7 Å². The number of phenols is 1. The fourth-order valence-corrected chi connectivity index (χ4v) is 2.93. The van der Waals surface area contributed by atoms with E-state index in [9.17, 15) is 9.90 Å². The Bertz CT molecular complexity index is 715. The molecular weight excluding hydrogens is 401 g/mol. The van der Waals surface area contributed by atoms with Crippen LogP contribution >= 0.6 is 33.9 Å². The van der Waals surface area contributed by atoms with Crippen molar-refractivity contribution < 1.29 is 15.0 Å². The first-order valence-electron chi connectivity index (χ1n) is 6.05. The van der Waals surface area contributed by atoms with Crippen LogP contribution in [0.5, 0.6) is 5.75 Å². The highest BCUT2D eigenvalue weighted by Gasteiger charge is 2.11. The summed E-state index contributed by atoms with van der Waals surface area (Å²) in [6.07, 6.45) is 0. The normalized spacial score (nSPS) is 9.81. The summed E-state index contributed by atoms with van der Waals surface area (Å²) >= 11 is 3.54. The number of hydrogen-bond donors (Lipinski definition) is 3. The zero-order chi connectivity index (χ0) is 15.2. The first-order valence-corrected chi connectivity index (χ1v) is 7.95. The molecule has 1 amide bonds. The summed E-state index contributed by atoms with van der Waals surface area (Å²) in [6.45, 7) is 0.200. The van der Waals surface area contributed by atoms with E-state index in [1.165, 1.54) is 17.4 Å². The van der Waals surface area contributed by atoms with E-state index >= 15 is 0 Å². The van der Waals surface area contributed by atoms with Crippen molar-refractivity contribution in [2.75, 3.05) is 6.61 Å². The van der Waals surface area contributed by atoms with Crippen molar-refractivity contribution in [3.05, 3.63) is 49.2 Å². The summed E-state index contributed by atoms with van der Waals surface area (Å²) in [5, 5.41) is 21.1. The van der Waals surface area contributed by atoms with Gasteiger partial charge in [-0.2, -0.15) is 0 Å². The lowest BCUT2D eigenvalue weighted by molar-refractivity contribution is 0.0948. The molecule has 0 aliphatic rings. The Kier molecular flexibility index (Phi) is 5.61. The average molecular weight is 413 g/mol. The van der Waals surface area contributed by atoms with Crippen molar-refractivity contribution in [1.82, 2.24) is 5.32 Å². The fourth-order valence-electron chi connectivity index (χ4n) is 1.62. The molecule has 0 radical (unpaired) electrons. The van der Waals surface area contributed by atoms with Crippen molar-refractivity contribution in [2.24, 2.45) is 0 Å². The minimum Gasteiger partial charge on any atom is -0.507 e. The van der Waals surface area contributed by atoms with Gasteiger partial charge >= 0.3 is 0 Å². The molecule has 1 heterocycles. The maximum atomic E-state index is 12.0. The topological polar surface area (TPSA) is 69.6 Å². The maximum absolute atomic E-state index is 12.0. The van der Waals surface area contributed by atoms with Gasteiger partial charge in [-0.05, 0) is 52.9 Å². The van der Waals surface area contributed by atoms with Crippen LogP contribution in [0.25, 0.3) is 0 Å². The third kappa shape index (κ3) is 4.46. The highest BCUT2D eigenvalue weighted by Crippen LogP contribution is 2.20. The van der Waals surface area contributed by atoms with Crippen molar-refractivity contribution >= 4 is 39.8 Å². The van der Waals surface area contributed by atoms with Gasteiger partial charge in [0.2, 0.25) is 0 Å². The Balaban J connectivity index is 2.01. The number of benzene rings is 1. The van der Waals surface area contributed by atoms with E-state index in [2.05, 4.69) is 39.7 Å². The molecule has 0 saturated heterocycles. The van der Waals surface area contributed by atoms with Gasteiger partial charge in [-0.3, -0.25) is 4.79 Å². The van der Waals surface area contributed by atoms with Gasteiger partial charge in [0.1, 0.15) is 12.4 Å². The van der Waals surface area contributed by atoms with Crippen LogP contribution in [0.2, 0.25) is 0 Å². The van der Waals surface area contributed by atoms with Crippen LogP contribution in [0.15, 0.2) is 30.3 Å². The van der Waals surface area contributed by atoms with Crippen LogP contribution in [0.3, 0.4) is 0 Å². The molecule has 4 nitrogen and oxygen atoms in total. The number of hydrogen-bond acceptors (Lipinski definition) is 4. The number of nitrogens with one attached hydrogen (secondary N) is 1. The fraction of sp³-hybridized carbons (Fsp3) is 0.133. The van der Waals surface area contributed by atoms with Crippen molar-refractivity contribution in [3.63, 3.8) is 0 Å². The molecule has 0 bridgehead atoms. The predicted molar refractivity (Wildman–Crippen MR) is 90.3 cm³/mol. The molecule has 1 aromatic heterocycles. The second-order valence-electron chi connectivity index (χ2n) is 4.07. The lowest BCUT2D eigenvalue weighted by atomic mass is 10.2. The molecule has 6 heteroatoms. The van der Waals surface area contributed by atoms with E-state index in [0.717, 1.165) is 13.3 Å². The van der Waals surface area contributed by atoms with Crippen molar-refractivity contribution in [2.45, 2.75) is 6.54 Å². The summed E-state index contributed by atoms with van der Waals surface area (Å²) < 4.78 is 0.883. The van der Waals surface area contributed by atoms with Gasteiger partial charge in [-0.25, -0.2) is 0 Å². The number of amides is 1. The standard InChI is InChI=1S/C15H12INO3S/c16-10-3-6-14(19)13(8-10)15(20)17-9-12-5-4-11(21-12)2-1-7-18/h3-6,8,18-19H,7,9H2,(H,17,20). The van der Waals surface area contributed by atoms with E-state index in [0.29, 0.717) is 6.54 Å². The van der Waals surface area contributed by atoms with Gasteiger partial charge in [-0.15, -0.1) is 11.3 Å². The minimum absolute atomic E-state index is 0.0337. The number of aromatic hydroxyl groups is 1. The molecule has 0 fully saturated rings. The number of carbonyl (C=O) groups excluding carboxylic acids is 1. The average Bonchev–Trinajstić information content (AvgIpc) is 2.93. The highest BCUT2D eigenvalue weighted by molar-refractivity contribution is 14.1. The molecule has 1 aromatic carbocycles. The first-order chi connectivity index (χ1) is 10.1. The van der Waals surface area contributed by atoms with Crippen LogP contribution in [0, 0.1) is 15.4 Å². The lowest BCUT2D eigenvalue weighted by Gasteiger charge is -2.06. The molecule has 0 atom stereocenters. The summed E-state index contributed by atoms with van der Waals surface area (Å²) in [5.74, 6) is 5.04. The third-order valence-electron chi connectivity index (χ3n) is 2.58. The number of halogens is 1. The second-order valence-corrected chi connectivity index (χ2v) is 6.48. The molecule has 21 heavy (non-hydrogen) atoms. The molecule has 0 saturated carbocycles. The molecule has 2 aromatic rings. The molecule has 0 aliphatic carbocycles. The molecule has 0 spiro atoms. The third-order valence-corrected chi connectivity index (χ3v) is 4.25. The highest BCUT2D eigenvalue weighted by atomic mass is 127. The number of rotatable bonds is 3. The van der Waals surface area contributed by atoms with Crippen molar-refractivity contribution in [1.29, 1.82) is 0 Å². The van der Waals surface area contributed by atoms with E-state index in [-0.39, 0.29) is 23.8 Å². The minimum atomic E-state index is -0.317.